The predicted molar refractivity (Wildman–Crippen MR) is 234 cm³/mol. The minimum atomic E-state index is -0.929. The fourth-order valence-corrected chi connectivity index (χ4v) is 9.77. The van der Waals surface area contributed by atoms with Gasteiger partial charge in [0, 0.05) is 65.4 Å². The second-order valence-corrected chi connectivity index (χ2v) is 17.8. The highest BCUT2D eigenvalue weighted by molar-refractivity contribution is 5.82. The van der Waals surface area contributed by atoms with Gasteiger partial charge in [0.15, 0.2) is 0 Å². The molecule has 2 saturated heterocycles. The fraction of sp³-hybridized carbons (Fsp3) is 0.480. The van der Waals surface area contributed by atoms with E-state index in [1.54, 1.807) is 0 Å². The van der Waals surface area contributed by atoms with E-state index < -0.39 is 40.9 Å². The molecule has 3 fully saturated rings. The van der Waals surface area contributed by atoms with E-state index in [-0.39, 0.29) is 25.3 Å². The van der Waals surface area contributed by atoms with Crippen LogP contribution in [-0.2, 0) is 19.1 Å². The molecular formula is C50H64N4O6. The third-order valence-corrected chi connectivity index (χ3v) is 13.7. The van der Waals surface area contributed by atoms with Crippen LogP contribution in [0.15, 0.2) is 121 Å². The Balaban J connectivity index is 0.835. The summed E-state index contributed by atoms with van der Waals surface area (Å²) in [6, 6.07) is 42.7. The van der Waals surface area contributed by atoms with Gasteiger partial charge in [-0.1, -0.05) is 135 Å². The molecule has 7 rings (SSSR count). The zero-order valence-electron chi connectivity index (χ0n) is 35.6. The third-order valence-electron chi connectivity index (χ3n) is 13.7. The average molecular weight is 817 g/mol. The number of ether oxygens (including phenoxy) is 2. The van der Waals surface area contributed by atoms with Crippen LogP contribution in [0.25, 0.3) is 0 Å². The lowest BCUT2D eigenvalue weighted by atomic mass is 9.65. The van der Waals surface area contributed by atoms with Gasteiger partial charge in [0.05, 0.1) is 23.4 Å². The summed E-state index contributed by atoms with van der Waals surface area (Å²) in [5, 5.41) is 22.0. The molecule has 2 aliphatic heterocycles. The molecule has 60 heavy (non-hydrogen) atoms. The Hall–Kier alpha value is -4.42. The second kappa shape index (κ2) is 20.0. The highest BCUT2D eigenvalue weighted by atomic mass is 16.5. The Morgan fingerprint density at radius 3 is 1.28 bits per heavy atom. The van der Waals surface area contributed by atoms with Crippen LogP contribution < -0.4 is 0 Å². The van der Waals surface area contributed by atoms with Gasteiger partial charge in [-0.25, -0.2) is 0 Å². The van der Waals surface area contributed by atoms with Crippen molar-refractivity contribution < 1.29 is 29.3 Å². The number of aliphatic hydroxyl groups is 2. The molecule has 320 valence electrons. The Kier molecular flexibility index (Phi) is 14.5. The molecule has 4 aromatic rings. The monoisotopic (exact) mass is 816 g/mol. The third kappa shape index (κ3) is 10.2. The summed E-state index contributed by atoms with van der Waals surface area (Å²) in [6.07, 6.45) is -0.689. The molecule has 1 saturated carbocycles. The quantitative estimate of drug-likeness (QED) is 0.130. The van der Waals surface area contributed by atoms with Crippen molar-refractivity contribution in [2.24, 2.45) is 16.7 Å². The van der Waals surface area contributed by atoms with Crippen LogP contribution in [0.3, 0.4) is 0 Å². The van der Waals surface area contributed by atoms with Crippen molar-refractivity contribution in [1.82, 2.24) is 19.6 Å². The lowest BCUT2D eigenvalue weighted by Crippen LogP contribution is -2.50. The van der Waals surface area contributed by atoms with Crippen molar-refractivity contribution in [3.63, 3.8) is 0 Å². The number of nitrogens with zero attached hydrogens (tertiary/aromatic N) is 4. The largest absolute Gasteiger partial charge is 0.463 e. The maximum absolute atomic E-state index is 13.7. The van der Waals surface area contributed by atoms with Crippen molar-refractivity contribution in [3.8, 4) is 0 Å². The lowest BCUT2D eigenvalue weighted by molar-refractivity contribution is -0.168. The summed E-state index contributed by atoms with van der Waals surface area (Å²) < 4.78 is 11.5. The van der Waals surface area contributed by atoms with E-state index in [2.05, 4.69) is 117 Å². The fourth-order valence-electron chi connectivity index (χ4n) is 9.77. The van der Waals surface area contributed by atoms with Crippen LogP contribution in [-0.4, -0.2) is 133 Å². The lowest BCUT2D eigenvalue weighted by Gasteiger charge is -2.40. The molecule has 3 aliphatic rings. The highest BCUT2D eigenvalue weighted by Crippen LogP contribution is 2.57. The van der Waals surface area contributed by atoms with Crippen molar-refractivity contribution in [1.29, 1.82) is 0 Å². The number of piperazine rings is 2. The van der Waals surface area contributed by atoms with E-state index in [4.69, 9.17) is 9.47 Å². The number of esters is 2. The van der Waals surface area contributed by atoms with Crippen molar-refractivity contribution >= 4 is 11.9 Å². The molecule has 0 radical (unpaired) electrons. The standard InChI is InChI=1S/C50H64N4O6/c1-49(2)44(47(57)59-36-42(55)34-51-26-30-53(31-27-51)45(38-16-8-4-9-17-38)39-18-10-5-11-19-39)24-25-50(49,3)48(58)60-37-43(56)35-52-28-32-54(33-29-52)46(40-20-12-6-13-21-40)41-22-14-7-15-23-41/h4-23,42-46,55-56H,24-37H2,1-3H3/t42-,43-,44-,50+/m1/s1. The van der Waals surface area contributed by atoms with Crippen molar-refractivity contribution in [2.45, 2.75) is 57.9 Å². The number of hydrogen-bond acceptors (Lipinski definition) is 10. The molecule has 2 heterocycles. The van der Waals surface area contributed by atoms with Gasteiger partial charge in [-0.05, 0) is 47.4 Å². The maximum Gasteiger partial charge on any atom is 0.312 e. The number of rotatable bonds is 16. The van der Waals surface area contributed by atoms with E-state index in [0.717, 1.165) is 52.4 Å². The van der Waals surface area contributed by atoms with Crippen molar-refractivity contribution in [3.05, 3.63) is 144 Å². The first-order valence-corrected chi connectivity index (χ1v) is 21.9. The summed E-state index contributed by atoms with van der Waals surface area (Å²) in [5.41, 5.74) is 3.38. The SMILES string of the molecule is CC1(C)[C@@H](C(=O)OC[C@H](O)CN2CCN(C(c3ccccc3)c3ccccc3)CC2)CC[C@@]1(C)C(=O)OC[C@H](O)CN1CCN(C(c2ccccc2)c2ccccc2)CC1. The zero-order valence-corrected chi connectivity index (χ0v) is 35.6. The summed E-state index contributed by atoms with van der Waals surface area (Å²) >= 11 is 0. The van der Waals surface area contributed by atoms with Gasteiger partial charge < -0.3 is 19.7 Å². The highest BCUT2D eigenvalue weighted by Gasteiger charge is 2.59. The molecule has 4 atom stereocenters. The van der Waals surface area contributed by atoms with Gasteiger partial charge in [0.2, 0.25) is 0 Å². The maximum atomic E-state index is 13.7. The van der Waals surface area contributed by atoms with Crippen LogP contribution in [0.1, 0.15) is 68.0 Å². The van der Waals surface area contributed by atoms with Gasteiger partial charge in [-0.3, -0.25) is 29.2 Å². The molecule has 0 amide bonds. The van der Waals surface area contributed by atoms with E-state index in [1.807, 2.05) is 45.0 Å². The molecule has 10 nitrogen and oxygen atoms in total. The zero-order chi connectivity index (χ0) is 42.1. The van der Waals surface area contributed by atoms with E-state index in [1.165, 1.54) is 22.3 Å². The number of β-amino-alcohol motifs (C(OH)–C–C–N with tert-alkyl or cyclic N) is 2. The van der Waals surface area contributed by atoms with E-state index in [0.29, 0.717) is 25.9 Å². The topological polar surface area (TPSA) is 106 Å². The molecule has 0 spiro atoms. The summed E-state index contributed by atoms with van der Waals surface area (Å²) in [7, 11) is 0. The first-order valence-electron chi connectivity index (χ1n) is 21.9. The van der Waals surface area contributed by atoms with Gasteiger partial charge in [-0.15, -0.1) is 0 Å². The number of carbonyl (C=O) groups is 2. The predicted octanol–water partition coefficient (Wildman–Crippen LogP) is 6.05. The number of hydrogen-bond donors (Lipinski definition) is 2. The van der Waals surface area contributed by atoms with E-state index >= 15 is 0 Å². The Morgan fingerprint density at radius 2 is 0.917 bits per heavy atom. The first-order chi connectivity index (χ1) is 29.0. The number of carbonyl (C=O) groups excluding carboxylic acids is 2. The number of aliphatic hydroxyl groups excluding tert-OH is 2. The molecule has 0 unspecified atom stereocenters. The van der Waals surface area contributed by atoms with E-state index in [9.17, 15) is 19.8 Å². The van der Waals surface area contributed by atoms with Crippen LogP contribution >= 0.6 is 0 Å². The minimum absolute atomic E-state index is 0.0942. The Bertz CT molecular complexity index is 1860. The Labute approximate surface area is 356 Å². The average Bonchev–Trinajstić information content (AvgIpc) is 3.53. The summed E-state index contributed by atoms with van der Waals surface area (Å²) in [6.45, 7) is 12.9. The van der Waals surface area contributed by atoms with Gasteiger partial charge >= 0.3 is 11.9 Å². The van der Waals surface area contributed by atoms with Crippen molar-refractivity contribution in [2.75, 3.05) is 78.7 Å². The van der Waals surface area contributed by atoms with Crippen LogP contribution in [0.2, 0.25) is 0 Å². The first kappa shape index (κ1) is 43.7. The summed E-state index contributed by atoms with van der Waals surface area (Å²) in [4.78, 5) is 36.7. The van der Waals surface area contributed by atoms with Gasteiger partial charge in [-0.2, -0.15) is 0 Å². The molecule has 0 aromatic heterocycles. The molecule has 4 aromatic carbocycles. The molecule has 10 heteroatoms. The summed E-state index contributed by atoms with van der Waals surface area (Å²) in [5.74, 6) is -1.31. The molecule has 1 aliphatic carbocycles. The van der Waals surface area contributed by atoms with Gasteiger partial charge in [0.1, 0.15) is 25.4 Å². The molecule has 2 N–H and O–H groups in total. The normalized spacial score (nSPS) is 22.8. The number of benzene rings is 4. The van der Waals surface area contributed by atoms with Crippen LogP contribution in [0, 0.1) is 16.7 Å². The Morgan fingerprint density at radius 1 is 0.567 bits per heavy atom. The molecule has 0 bridgehead atoms. The second-order valence-electron chi connectivity index (χ2n) is 17.8. The van der Waals surface area contributed by atoms with Gasteiger partial charge in [0.25, 0.3) is 0 Å². The smallest absolute Gasteiger partial charge is 0.312 e. The van der Waals surface area contributed by atoms with Crippen LogP contribution in [0.5, 0.6) is 0 Å². The van der Waals surface area contributed by atoms with Crippen LogP contribution in [0.4, 0.5) is 0 Å². The molecular weight excluding hydrogens is 753 g/mol. The minimum Gasteiger partial charge on any atom is -0.463 e.